The van der Waals surface area contributed by atoms with Gasteiger partial charge in [-0.3, -0.25) is 0 Å². The zero-order valence-corrected chi connectivity index (χ0v) is 10.4. The molecule has 0 saturated carbocycles. The van der Waals surface area contributed by atoms with Gasteiger partial charge in [-0.15, -0.1) is 26.3 Å². The molecule has 4 heteroatoms. The molecule has 0 amide bonds. The molecule has 0 aliphatic rings. The third-order valence-corrected chi connectivity index (χ3v) is 2.26. The molecule has 0 unspecified atom stereocenters. The van der Waals surface area contributed by atoms with E-state index in [0.717, 1.165) is 0 Å². The van der Waals surface area contributed by atoms with Gasteiger partial charge in [-0.2, -0.15) is 0 Å². The monoisotopic (exact) mass is 229 g/mol. The number of hydrogen-bond acceptors (Lipinski definition) is 3. The molecule has 3 nitrogen and oxygen atoms in total. The molecule has 0 aliphatic heterocycles. The van der Waals surface area contributed by atoms with E-state index in [9.17, 15) is 5.26 Å². The number of hydrogen-bond donors (Lipinski definition) is 0. The lowest BCUT2D eigenvalue weighted by Crippen LogP contribution is -2.52. The van der Waals surface area contributed by atoms with Crippen molar-refractivity contribution in [1.29, 1.82) is 5.26 Å². The van der Waals surface area contributed by atoms with Crippen LogP contribution in [0, 0.1) is 11.2 Å². The second kappa shape index (κ2) is 9.65. The maximum Gasteiger partial charge on any atom is 0.434 e. The third-order valence-electron chi connectivity index (χ3n) is 2.26. The Morgan fingerprint density at radius 3 is 1.29 bits per heavy atom. The summed E-state index contributed by atoms with van der Waals surface area (Å²) in [6.45, 7) is 17.1. The average molecular weight is 229 g/mol. The van der Waals surface area contributed by atoms with Gasteiger partial charge in [-0.25, -0.2) is 5.26 Å². The molecule has 0 aromatic rings. The summed E-state index contributed by atoms with van der Waals surface area (Å²) < 4.78 is 0. The normalized spacial score (nSPS) is 9.71. The summed E-state index contributed by atoms with van der Waals surface area (Å²) in [7, 11) is 0. The van der Waals surface area contributed by atoms with E-state index in [1.165, 1.54) is 0 Å². The van der Waals surface area contributed by atoms with Crippen molar-refractivity contribution < 1.29 is 0 Å². The summed E-state index contributed by atoms with van der Waals surface area (Å²) in [5, 5.41) is 9.30. The third kappa shape index (κ3) is 5.35. The fourth-order valence-corrected chi connectivity index (χ4v) is 1.61. The van der Waals surface area contributed by atoms with E-state index < -0.39 is 0 Å². The molecular weight excluding hydrogens is 209 g/mol. The summed E-state index contributed by atoms with van der Waals surface area (Å²) in [5.41, 5.74) is 0. The van der Waals surface area contributed by atoms with Crippen LogP contribution in [-0.2, 0) is 0 Å². The van der Waals surface area contributed by atoms with Crippen molar-refractivity contribution in [3.8, 4) is 5.97 Å². The molecule has 0 atom stereocenters. The molecule has 0 aromatic heterocycles. The summed E-state index contributed by atoms with van der Waals surface area (Å²) in [4.78, 5) is 3.99. The molecule has 0 heterocycles. The minimum atomic E-state index is -0.318. The highest BCUT2D eigenvalue weighted by molar-refractivity contribution is 6.61. The summed E-state index contributed by atoms with van der Waals surface area (Å²) in [6.07, 6.45) is 7.14. The molecule has 0 spiro atoms. The zero-order valence-electron chi connectivity index (χ0n) is 10.4. The van der Waals surface area contributed by atoms with Gasteiger partial charge in [0.1, 0.15) is 0 Å². The second-order valence-electron chi connectivity index (χ2n) is 3.57. The molecule has 90 valence electrons. The Morgan fingerprint density at radius 2 is 1.12 bits per heavy atom. The van der Waals surface area contributed by atoms with Gasteiger partial charge in [-0.1, -0.05) is 24.3 Å². The predicted octanol–water partition coefficient (Wildman–Crippen LogP) is 1.89. The van der Waals surface area contributed by atoms with E-state index in [1.807, 2.05) is 9.62 Å². The molecule has 0 fully saturated rings. The van der Waals surface area contributed by atoms with Crippen molar-refractivity contribution in [2.75, 3.05) is 26.2 Å². The standard InChI is InChI=1S/C13H20BN3/c1-5-9-16(10-6-2)14(13-15)17(11-7-3)12-8-4/h5-8H,1-4,9-12H2. The summed E-state index contributed by atoms with van der Waals surface area (Å²) >= 11 is 0. The Labute approximate surface area is 105 Å². The highest BCUT2D eigenvalue weighted by atomic mass is 15.2. The Kier molecular flexibility index (Phi) is 8.76. The first kappa shape index (κ1) is 15.4. The first-order chi connectivity index (χ1) is 8.24. The largest absolute Gasteiger partial charge is 0.434 e. The lowest BCUT2D eigenvalue weighted by Gasteiger charge is -2.30. The Bertz CT molecular complexity index is 262. The van der Waals surface area contributed by atoms with Crippen LogP contribution in [0.15, 0.2) is 50.6 Å². The predicted molar refractivity (Wildman–Crippen MR) is 75.3 cm³/mol. The van der Waals surface area contributed by atoms with Gasteiger partial charge in [0.15, 0.2) is 0 Å². The van der Waals surface area contributed by atoms with E-state index in [2.05, 4.69) is 32.3 Å². The molecular formula is C13H20BN3. The number of rotatable bonds is 10. The van der Waals surface area contributed by atoms with Crippen molar-refractivity contribution in [3.05, 3.63) is 50.6 Å². The smallest absolute Gasteiger partial charge is 0.308 e. The van der Waals surface area contributed by atoms with Crippen molar-refractivity contribution in [1.82, 2.24) is 9.62 Å². The van der Waals surface area contributed by atoms with Crippen LogP contribution in [-0.4, -0.2) is 42.8 Å². The van der Waals surface area contributed by atoms with Gasteiger partial charge >= 0.3 is 6.98 Å². The first-order valence-electron chi connectivity index (χ1n) is 5.56. The van der Waals surface area contributed by atoms with Crippen LogP contribution in [0.25, 0.3) is 0 Å². The van der Waals surface area contributed by atoms with E-state index in [1.54, 1.807) is 24.3 Å². The van der Waals surface area contributed by atoms with Crippen molar-refractivity contribution >= 4 is 6.98 Å². The van der Waals surface area contributed by atoms with Crippen LogP contribution < -0.4 is 0 Å². The maximum atomic E-state index is 9.30. The Balaban J connectivity index is 4.86. The van der Waals surface area contributed by atoms with Gasteiger partial charge in [0.25, 0.3) is 0 Å². The second-order valence-corrected chi connectivity index (χ2v) is 3.57. The van der Waals surface area contributed by atoms with Gasteiger partial charge in [0.2, 0.25) is 0 Å². The lowest BCUT2D eigenvalue weighted by atomic mass is 9.73. The quantitative estimate of drug-likeness (QED) is 0.423. The van der Waals surface area contributed by atoms with Crippen LogP contribution in [0.1, 0.15) is 0 Å². The number of nitriles is 1. The minimum Gasteiger partial charge on any atom is -0.308 e. The molecule has 0 aromatic carbocycles. The highest BCUT2D eigenvalue weighted by Crippen LogP contribution is 2.03. The van der Waals surface area contributed by atoms with Crippen LogP contribution >= 0.6 is 0 Å². The molecule has 0 N–H and O–H groups in total. The van der Waals surface area contributed by atoms with Crippen LogP contribution in [0.5, 0.6) is 0 Å². The van der Waals surface area contributed by atoms with Gasteiger partial charge in [0.05, 0.1) is 0 Å². The first-order valence-corrected chi connectivity index (χ1v) is 5.56. The van der Waals surface area contributed by atoms with E-state index in [-0.39, 0.29) is 6.98 Å². The molecule has 0 bridgehead atoms. The Hall–Kier alpha value is -1.57. The van der Waals surface area contributed by atoms with E-state index >= 15 is 0 Å². The number of nitrogens with zero attached hydrogens (tertiary/aromatic N) is 3. The molecule has 0 rings (SSSR count). The van der Waals surface area contributed by atoms with Crippen molar-refractivity contribution in [2.24, 2.45) is 0 Å². The van der Waals surface area contributed by atoms with Gasteiger partial charge in [0, 0.05) is 32.1 Å². The van der Waals surface area contributed by atoms with Crippen LogP contribution in [0.4, 0.5) is 0 Å². The average Bonchev–Trinajstić information content (AvgIpc) is 2.31. The van der Waals surface area contributed by atoms with Crippen LogP contribution in [0.2, 0.25) is 0 Å². The fraction of sp³-hybridized carbons (Fsp3) is 0.308. The molecule has 17 heavy (non-hydrogen) atoms. The van der Waals surface area contributed by atoms with Crippen molar-refractivity contribution in [2.45, 2.75) is 0 Å². The Morgan fingerprint density at radius 1 is 0.824 bits per heavy atom. The topological polar surface area (TPSA) is 30.3 Å². The van der Waals surface area contributed by atoms with Gasteiger partial charge < -0.3 is 9.62 Å². The van der Waals surface area contributed by atoms with E-state index in [0.29, 0.717) is 26.2 Å². The SMILES string of the molecule is C=CCN(CC=C)B(C#N)N(CC=C)CC=C. The lowest BCUT2D eigenvalue weighted by molar-refractivity contribution is 0.431. The van der Waals surface area contributed by atoms with Gasteiger partial charge in [-0.05, 0) is 0 Å². The summed E-state index contributed by atoms with van der Waals surface area (Å²) in [6, 6.07) is 0. The fourth-order valence-electron chi connectivity index (χ4n) is 1.61. The van der Waals surface area contributed by atoms with Crippen molar-refractivity contribution in [3.63, 3.8) is 0 Å². The molecule has 0 aliphatic carbocycles. The summed E-state index contributed by atoms with van der Waals surface area (Å²) in [5.74, 6) is 2.30. The maximum absolute atomic E-state index is 9.30. The van der Waals surface area contributed by atoms with E-state index in [4.69, 9.17) is 0 Å². The highest BCUT2D eigenvalue weighted by Gasteiger charge is 2.28. The zero-order chi connectivity index (χ0) is 13.1. The minimum absolute atomic E-state index is 0.318. The van der Waals surface area contributed by atoms with Crippen LogP contribution in [0.3, 0.4) is 0 Å². The molecule has 0 saturated heterocycles. The molecule has 0 radical (unpaired) electrons.